The lowest BCUT2D eigenvalue weighted by Crippen LogP contribution is -2.57. The number of rotatable bonds is 10. The van der Waals surface area contributed by atoms with E-state index in [-0.39, 0.29) is 35.8 Å². The minimum Gasteiger partial charge on any atom is -0.493 e. The summed E-state index contributed by atoms with van der Waals surface area (Å²) in [6.07, 6.45) is 0.418. The van der Waals surface area contributed by atoms with E-state index in [0.29, 0.717) is 80.3 Å². The number of nitrogens with zero attached hydrogens (tertiary/aromatic N) is 6. The van der Waals surface area contributed by atoms with Gasteiger partial charge in [-0.25, -0.2) is 13.2 Å². The Hall–Kier alpha value is -3.76. The summed E-state index contributed by atoms with van der Waals surface area (Å²) in [4.78, 5) is 45.5. The molecule has 0 spiro atoms. The van der Waals surface area contributed by atoms with Crippen LogP contribution in [-0.2, 0) is 24.4 Å². The van der Waals surface area contributed by atoms with E-state index in [0.717, 1.165) is 15.6 Å². The summed E-state index contributed by atoms with van der Waals surface area (Å²) < 4.78 is 39.3. The van der Waals surface area contributed by atoms with Gasteiger partial charge in [-0.2, -0.15) is 0 Å². The fraction of sp³-hybridized carbons (Fsp3) is 0.432. The highest BCUT2D eigenvalue weighted by Crippen LogP contribution is 2.42. The van der Waals surface area contributed by atoms with Gasteiger partial charge in [0.15, 0.2) is 0 Å². The number of sulfonamides is 1. The van der Waals surface area contributed by atoms with Crippen molar-refractivity contribution in [2.24, 2.45) is 4.99 Å². The van der Waals surface area contributed by atoms with E-state index in [1.165, 1.54) is 26.3 Å². The maximum absolute atomic E-state index is 15.0. The zero-order chi connectivity index (χ0) is 37.7. The molecular formula is C37H44Cl2N6O7S. The van der Waals surface area contributed by atoms with Crippen LogP contribution in [0.3, 0.4) is 0 Å². The Balaban J connectivity index is 1.42. The third-order valence-corrected chi connectivity index (χ3v) is 11.9. The zero-order valence-electron chi connectivity index (χ0n) is 30.0. The third kappa shape index (κ3) is 8.80. The Morgan fingerprint density at radius 2 is 1.51 bits per heavy atom. The molecule has 2 saturated heterocycles. The van der Waals surface area contributed by atoms with Crippen molar-refractivity contribution in [3.8, 4) is 5.75 Å². The molecular weight excluding hydrogens is 743 g/mol. The molecule has 3 heterocycles. The summed E-state index contributed by atoms with van der Waals surface area (Å²) in [5.41, 5.74) is 2.03. The molecule has 0 unspecified atom stereocenters. The molecule has 0 N–H and O–H groups in total. The van der Waals surface area contributed by atoms with E-state index in [1.54, 1.807) is 40.1 Å². The number of ether oxygens (including phenoxy) is 2. The number of hydrogen-bond donors (Lipinski definition) is 0. The van der Waals surface area contributed by atoms with Gasteiger partial charge in [-0.1, -0.05) is 51.9 Å². The molecule has 16 heteroatoms. The summed E-state index contributed by atoms with van der Waals surface area (Å²) >= 11 is 12.6. The van der Waals surface area contributed by atoms with Crippen molar-refractivity contribution in [2.75, 3.05) is 79.8 Å². The van der Waals surface area contributed by atoms with Gasteiger partial charge < -0.3 is 19.3 Å². The van der Waals surface area contributed by atoms with Crippen LogP contribution in [0.4, 0.5) is 4.79 Å². The quantitative estimate of drug-likeness (QED) is 0.260. The summed E-state index contributed by atoms with van der Waals surface area (Å²) in [5.74, 6) is 0.666. The smallest absolute Gasteiger partial charge is 0.326 e. The molecule has 0 saturated carbocycles. The first-order valence-electron chi connectivity index (χ1n) is 17.5. The topological polar surface area (TPSA) is 125 Å². The van der Waals surface area contributed by atoms with E-state index in [2.05, 4.69) is 4.90 Å². The number of amides is 3. The fourth-order valence-corrected chi connectivity index (χ4v) is 7.99. The first kappa shape index (κ1) is 38.9. The molecule has 3 aromatic carbocycles. The summed E-state index contributed by atoms with van der Waals surface area (Å²) in [6.45, 7) is 6.34. The molecule has 3 aromatic rings. The summed E-state index contributed by atoms with van der Waals surface area (Å²) in [6, 6.07) is 18.0. The van der Waals surface area contributed by atoms with E-state index in [9.17, 15) is 18.0 Å². The molecule has 6 rings (SSSR count). The SMILES string of the molecule is CCOc1ccc(S(=O)(=O)N(C)OC)cc1C1=N[C@@H](c2ccc(Cl)cc2)C[C@H](c2ccc(Cl)cc2)N1C(=O)N1CCN(CC(=O)N2CCOCC2)CC1. The van der Waals surface area contributed by atoms with Crippen LogP contribution >= 0.6 is 23.2 Å². The molecule has 3 aliphatic rings. The van der Waals surface area contributed by atoms with Crippen LogP contribution in [-0.4, -0.2) is 130 Å². The largest absolute Gasteiger partial charge is 0.493 e. The average molecular weight is 788 g/mol. The number of halogens is 2. The number of carbonyl (C=O) groups is 2. The average Bonchev–Trinajstić information content (AvgIpc) is 3.18. The number of piperazine rings is 1. The van der Waals surface area contributed by atoms with Gasteiger partial charge in [-0.15, -0.1) is 0 Å². The first-order valence-corrected chi connectivity index (χ1v) is 19.7. The van der Waals surface area contributed by atoms with Crippen molar-refractivity contribution < 1.29 is 32.3 Å². The molecule has 2 fully saturated rings. The van der Waals surface area contributed by atoms with Crippen LogP contribution in [0, 0.1) is 0 Å². The number of benzene rings is 3. The van der Waals surface area contributed by atoms with E-state index in [1.807, 2.05) is 36.1 Å². The van der Waals surface area contributed by atoms with Crippen LogP contribution in [0.5, 0.6) is 5.75 Å². The highest BCUT2D eigenvalue weighted by molar-refractivity contribution is 7.89. The number of aliphatic imine (C=N–C) groups is 1. The van der Waals surface area contributed by atoms with Crippen LogP contribution in [0.1, 0.15) is 42.1 Å². The van der Waals surface area contributed by atoms with Gasteiger partial charge >= 0.3 is 6.03 Å². The second kappa shape index (κ2) is 17.1. The van der Waals surface area contributed by atoms with Crippen LogP contribution < -0.4 is 4.74 Å². The minimum absolute atomic E-state index is 0.0481. The van der Waals surface area contributed by atoms with E-state index in [4.69, 9.17) is 42.5 Å². The monoisotopic (exact) mass is 786 g/mol. The molecule has 3 amide bonds. The summed E-state index contributed by atoms with van der Waals surface area (Å²) in [5, 5.41) is 1.12. The maximum atomic E-state index is 15.0. The zero-order valence-corrected chi connectivity index (χ0v) is 32.3. The molecule has 3 aliphatic heterocycles. The predicted molar refractivity (Wildman–Crippen MR) is 202 cm³/mol. The number of amidine groups is 1. The first-order chi connectivity index (χ1) is 25.5. The molecule has 0 aromatic heterocycles. The van der Waals surface area contributed by atoms with Crippen LogP contribution in [0.25, 0.3) is 0 Å². The van der Waals surface area contributed by atoms with Gasteiger partial charge in [-0.3, -0.25) is 24.4 Å². The Kier molecular flexibility index (Phi) is 12.6. The second-order valence-corrected chi connectivity index (χ2v) is 15.7. The maximum Gasteiger partial charge on any atom is 0.326 e. The number of hydroxylamine groups is 1. The predicted octanol–water partition coefficient (Wildman–Crippen LogP) is 5.11. The Bertz CT molecular complexity index is 1900. The molecule has 0 radical (unpaired) electrons. The van der Waals surface area contributed by atoms with Gasteiger partial charge in [-0.05, 0) is 66.9 Å². The van der Waals surface area contributed by atoms with Crippen molar-refractivity contribution in [3.63, 3.8) is 0 Å². The molecule has 53 heavy (non-hydrogen) atoms. The number of carbonyl (C=O) groups excluding carboxylic acids is 2. The highest BCUT2D eigenvalue weighted by Gasteiger charge is 2.41. The Labute approximate surface area is 320 Å². The van der Waals surface area contributed by atoms with E-state index >= 15 is 0 Å². The van der Waals surface area contributed by atoms with Crippen molar-refractivity contribution in [2.45, 2.75) is 30.3 Å². The number of morpholine rings is 1. The normalized spacial score (nSPS) is 20.0. The van der Waals surface area contributed by atoms with Gasteiger partial charge in [0.25, 0.3) is 10.0 Å². The standard InChI is InChI=1S/C37H44Cl2N6O7S/c1-4-52-34-14-13-30(53(48,49)41(2)50-3)23-31(34)36-40-32(26-5-9-28(38)10-6-26)24-33(27-7-11-29(39)12-8-27)45(36)37(47)44-17-15-42(16-18-44)25-35(46)43-19-21-51-22-20-43/h5-14,23,32-33H,4,15-22,24-25H2,1-3H3/t32-,33-/m1/s1. The third-order valence-electron chi connectivity index (χ3n) is 9.73. The summed E-state index contributed by atoms with van der Waals surface area (Å²) in [7, 11) is -1.52. The van der Waals surface area contributed by atoms with Crippen molar-refractivity contribution in [1.82, 2.24) is 24.1 Å². The number of urea groups is 1. The molecule has 0 aliphatic carbocycles. The van der Waals surface area contributed by atoms with Gasteiger partial charge in [0, 0.05) is 56.4 Å². The second-order valence-electron chi connectivity index (χ2n) is 12.9. The minimum atomic E-state index is -4.09. The van der Waals surface area contributed by atoms with Gasteiger partial charge in [0.1, 0.15) is 11.6 Å². The van der Waals surface area contributed by atoms with Gasteiger partial charge in [0.05, 0.1) is 56.0 Å². The fourth-order valence-electron chi connectivity index (χ4n) is 6.74. The molecule has 0 bridgehead atoms. The lowest BCUT2D eigenvalue weighted by Gasteiger charge is -2.43. The van der Waals surface area contributed by atoms with E-state index < -0.39 is 22.1 Å². The van der Waals surface area contributed by atoms with Crippen LogP contribution in [0.2, 0.25) is 10.0 Å². The van der Waals surface area contributed by atoms with Crippen molar-refractivity contribution in [3.05, 3.63) is 93.5 Å². The number of hydrogen-bond acceptors (Lipinski definition) is 9. The van der Waals surface area contributed by atoms with Gasteiger partial charge in [0.2, 0.25) is 5.91 Å². The lowest BCUT2D eigenvalue weighted by atomic mass is 9.91. The molecule has 284 valence electrons. The lowest BCUT2D eigenvalue weighted by molar-refractivity contribution is -0.136. The van der Waals surface area contributed by atoms with Crippen LogP contribution in [0.15, 0.2) is 76.6 Å². The molecule has 13 nitrogen and oxygen atoms in total. The Morgan fingerprint density at radius 3 is 2.11 bits per heavy atom. The highest BCUT2D eigenvalue weighted by atomic mass is 35.5. The Morgan fingerprint density at radius 1 is 0.887 bits per heavy atom. The molecule has 2 atom stereocenters. The van der Waals surface area contributed by atoms with Crippen molar-refractivity contribution >= 4 is 51.0 Å². The van der Waals surface area contributed by atoms with Crippen molar-refractivity contribution in [1.29, 1.82) is 0 Å².